The van der Waals surface area contributed by atoms with Gasteiger partial charge in [0.1, 0.15) is 5.82 Å². The van der Waals surface area contributed by atoms with Crippen LogP contribution in [0.3, 0.4) is 0 Å². The van der Waals surface area contributed by atoms with E-state index in [1.54, 1.807) is 4.52 Å². The topological polar surface area (TPSA) is 83.6 Å². The van der Waals surface area contributed by atoms with Crippen LogP contribution in [0, 0.1) is 0 Å². The zero-order valence-electron chi connectivity index (χ0n) is 13.1. The predicted octanol–water partition coefficient (Wildman–Crippen LogP) is 1.70. The average molecular weight is 323 g/mol. The minimum absolute atomic E-state index is 0.0176. The highest BCUT2D eigenvalue weighted by Crippen LogP contribution is 2.23. The van der Waals surface area contributed by atoms with Crippen LogP contribution in [0.2, 0.25) is 0 Å². The third-order valence-corrected chi connectivity index (χ3v) is 4.33. The number of hydrogen-bond acceptors (Lipinski definition) is 5. The van der Waals surface area contributed by atoms with Crippen molar-refractivity contribution in [1.29, 1.82) is 0 Å². The van der Waals surface area contributed by atoms with Crippen molar-refractivity contribution >= 4 is 17.4 Å². The summed E-state index contributed by atoms with van der Waals surface area (Å²) in [5.74, 6) is 0.579. The van der Waals surface area contributed by atoms with Crippen molar-refractivity contribution in [2.24, 2.45) is 0 Å². The van der Waals surface area contributed by atoms with Crippen molar-refractivity contribution in [3.63, 3.8) is 0 Å². The van der Waals surface area contributed by atoms with Crippen molar-refractivity contribution in [3.05, 3.63) is 53.3 Å². The van der Waals surface area contributed by atoms with E-state index in [0.29, 0.717) is 17.9 Å². The molecule has 0 saturated heterocycles. The molecule has 0 fully saturated rings. The highest BCUT2D eigenvalue weighted by Gasteiger charge is 2.18. The lowest BCUT2D eigenvalue weighted by Crippen LogP contribution is -2.31. The van der Waals surface area contributed by atoms with Gasteiger partial charge in [0, 0.05) is 19.5 Å². The summed E-state index contributed by atoms with van der Waals surface area (Å²) in [4.78, 5) is 13.0. The molecule has 0 bridgehead atoms. The van der Waals surface area contributed by atoms with Gasteiger partial charge >= 0.3 is 5.97 Å². The van der Waals surface area contributed by atoms with Crippen LogP contribution < -0.4 is 4.90 Å². The van der Waals surface area contributed by atoms with Crippen molar-refractivity contribution in [3.8, 4) is 0 Å². The molecular formula is C17H17N5O2. The molecule has 1 aliphatic heterocycles. The summed E-state index contributed by atoms with van der Waals surface area (Å²) in [5.41, 5.74) is 3.35. The van der Waals surface area contributed by atoms with Gasteiger partial charge in [-0.25, -0.2) is 0 Å². The summed E-state index contributed by atoms with van der Waals surface area (Å²) in [7, 11) is 0. The summed E-state index contributed by atoms with van der Waals surface area (Å²) < 4.78 is 1.65. The number of benzene rings is 1. The minimum atomic E-state index is -0.851. The van der Waals surface area contributed by atoms with Gasteiger partial charge in [-0.05, 0) is 29.7 Å². The first-order chi connectivity index (χ1) is 11.7. The molecule has 24 heavy (non-hydrogen) atoms. The molecule has 1 aromatic carbocycles. The van der Waals surface area contributed by atoms with Crippen LogP contribution in [0.4, 0.5) is 5.82 Å². The fourth-order valence-electron chi connectivity index (χ4n) is 3.06. The summed E-state index contributed by atoms with van der Waals surface area (Å²) >= 11 is 0. The summed E-state index contributed by atoms with van der Waals surface area (Å²) in [6.45, 7) is 1.73. The Kier molecular flexibility index (Phi) is 3.60. The Hall–Kier alpha value is -2.96. The molecule has 0 atom stereocenters. The quantitative estimate of drug-likeness (QED) is 0.787. The van der Waals surface area contributed by atoms with E-state index < -0.39 is 5.97 Å². The monoisotopic (exact) mass is 323 g/mol. The van der Waals surface area contributed by atoms with Gasteiger partial charge in [-0.1, -0.05) is 24.3 Å². The third kappa shape index (κ3) is 2.68. The molecule has 0 spiro atoms. The molecule has 0 unspecified atom stereocenters. The predicted molar refractivity (Wildman–Crippen MR) is 87.9 cm³/mol. The summed E-state index contributed by atoms with van der Waals surface area (Å²) in [6, 6.07) is 12.3. The normalized spacial score (nSPS) is 13.9. The van der Waals surface area contributed by atoms with E-state index in [1.807, 2.05) is 12.1 Å². The molecule has 7 nitrogen and oxygen atoms in total. The first-order valence-corrected chi connectivity index (χ1v) is 7.95. The molecule has 3 aromatic rings. The first kappa shape index (κ1) is 14.6. The SMILES string of the molecule is O=C(O)CCc1nnc2ccc(N3CCc4ccccc4C3)nn12. The van der Waals surface area contributed by atoms with Gasteiger partial charge in [0.25, 0.3) is 0 Å². The maximum absolute atomic E-state index is 10.8. The Morgan fingerprint density at radius 2 is 1.96 bits per heavy atom. The highest BCUT2D eigenvalue weighted by molar-refractivity contribution is 5.66. The van der Waals surface area contributed by atoms with Crippen LogP contribution >= 0.6 is 0 Å². The van der Waals surface area contributed by atoms with Gasteiger partial charge in [0.05, 0.1) is 6.42 Å². The number of hydrogen-bond donors (Lipinski definition) is 1. The van der Waals surface area contributed by atoms with Crippen molar-refractivity contribution in [2.75, 3.05) is 11.4 Å². The third-order valence-electron chi connectivity index (χ3n) is 4.33. The standard InChI is InChI=1S/C17H17N5O2/c23-17(24)8-7-15-19-18-14-5-6-16(20-22(14)15)21-10-9-12-3-1-2-4-13(12)11-21/h1-6H,7-11H2,(H,23,24). The number of aromatic nitrogens is 4. The van der Waals surface area contributed by atoms with Crippen LogP contribution in [-0.2, 0) is 24.2 Å². The fourth-order valence-corrected chi connectivity index (χ4v) is 3.06. The minimum Gasteiger partial charge on any atom is -0.481 e. The van der Waals surface area contributed by atoms with E-state index in [0.717, 1.165) is 25.3 Å². The lowest BCUT2D eigenvalue weighted by atomic mass is 10.00. The number of carbonyl (C=O) groups is 1. The summed E-state index contributed by atoms with van der Waals surface area (Å²) in [6.07, 6.45) is 1.32. The van der Waals surface area contributed by atoms with E-state index >= 15 is 0 Å². The van der Waals surface area contributed by atoms with E-state index in [1.165, 1.54) is 11.1 Å². The van der Waals surface area contributed by atoms with Crippen molar-refractivity contribution in [1.82, 2.24) is 19.8 Å². The zero-order valence-corrected chi connectivity index (χ0v) is 13.1. The van der Waals surface area contributed by atoms with Gasteiger partial charge in [-0.2, -0.15) is 4.52 Å². The van der Waals surface area contributed by atoms with E-state index in [-0.39, 0.29) is 6.42 Å². The number of carboxylic acid groups (broad SMARTS) is 1. The van der Waals surface area contributed by atoms with Gasteiger partial charge in [-0.3, -0.25) is 4.79 Å². The van der Waals surface area contributed by atoms with E-state index in [4.69, 9.17) is 5.11 Å². The average Bonchev–Trinajstić information content (AvgIpc) is 3.01. The maximum atomic E-state index is 10.8. The molecule has 1 aliphatic rings. The van der Waals surface area contributed by atoms with Crippen LogP contribution in [0.5, 0.6) is 0 Å². The number of aryl methyl sites for hydroxylation is 1. The fraction of sp³-hybridized carbons (Fsp3) is 0.294. The highest BCUT2D eigenvalue weighted by atomic mass is 16.4. The molecular weight excluding hydrogens is 306 g/mol. The van der Waals surface area contributed by atoms with Gasteiger partial charge in [-0.15, -0.1) is 15.3 Å². The number of anilines is 1. The van der Waals surface area contributed by atoms with E-state index in [2.05, 4.69) is 44.5 Å². The molecule has 0 amide bonds. The van der Waals surface area contributed by atoms with Crippen LogP contribution in [-0.4, -0.2) is 37.4 Å². The lowest BCUT2D eigenvalue weighted by Gasteiger charge is -2.29. The Morgan fingerprint density at radius 3 is 2.79 bits per heavy atom. The number of nitrogens with zero attached hydrogens (tertiary/aromatic N) is 5. The molecule has 4 rings (SSSR count). The second kappa shape index (κ2) is 5.92. The molecule has 0 aliphatic carbocycles. The molecule has 0 radical (unpaired) electrons. The maximum Gasteiger partial charge on any atom is 0.303 e. The largest absolute Gasteiger partial charge is 0.481 e. The Labute approximate surface area is 138 Å². The number of rotatable bonds is 4. The van der Waals surface area contributed by atoms with Gasteiger partial charge < -0.3 is 10.0 Å². The van der Waals surface area contributed by atoms with Crippen molar-refractivity contribution < 1.29 is 9.90 Å². The van der Waals surface area contributed by atoms with E-state index in [9.17, 15) is 4.79 Å². The van der Waals surface area contributed by atoms with Crippen LogP contribution in [0.25, 0.3) is 5.65 Å². The van der Waals surface area contributed by atoms with Crippen molar-refractivity contribution in [2.45, 2.75) is 25.8 Å². The van der Waals surface area contributed by atoms with Crippen LogP contribution in [0.15, 0.2) is 36.4 Å². The molecule has 122 valence electrons. The van der Waals surface area contributed by atoms with Gasteiger partial charge in [0.15, 0.2) is 11.5 Å². The Balaban J connectivity index is 1.63. The molecule has 3 heterocycles. The molecule has 0 saturated carbocycles. The zero-order chi connectivity index (χ0) is 16.5. The van der Waals surface area contributed by atoms with Crippen LogP contribution in [0.1, 0.15) is 23.4 Å². The van der Waals surface area contributed by atoms with Gasteiger partial charge in [0.2, 0.25) is 0 Å². The number of carboxylic acids is 1. The lowest BCUT2D eigenvalue weighted by molar-refractivity contribution is -0.137. The second-order valence-corrected chi connectivity index (χ2v) is 5.91. The summed E-state index contributed by atoms with van der Waals surface area (Å²) in [5, 5.41) is 21.6. The smallest absolute Gasteiger partial charge is 0.303 e. The Morgan fingerprint density at radius 1 is 1.12 bits per heavy atom. The Bertz CT molecular complexity index is 905. The molecule has 1 N–H and O–H groups in total. The first-order valence-electron chi connectivity index (χ1n) is 7.95. The molecule has 7 heteroatoms. The second-order valence-electron chi connectivity index (χ2n) is 5.91. The number of fused-ring (bicyclic) bond motifs is 2. The molecule has 2 aromatic heterocycles. The number of aliphatic carboxylic acids is 1.